The molecule has 1 unspecified atom stereocenters. The average molecular weight is 368 g/mol. The van der Waals surface area contributed by atoms with Crippen LogP contribution < -0.4 is 14.8 Å². The summed E-state index contributed by atoms with van der Waals surface area (Å²) < 4.78 is 11.1. The third-order valence-corrected chi connectivity index (χ3v) is 4.86. The van der Waals surface area contributed by atoms with Gasteiger partial charge in [0.25, 0.3) is 0 Å². The Balaban J connectivity index is 1.59. The summed E-state index contributed by atoms with van der Waals surface area (Å²) in [5.74, 6) is 1.46. The Hall–Kier alpha value is -2.53. The van der Waals surface area contributed by atoms with Crippen LogP contribution in [0.5, 0.6) is 11.5 Å². The minimum absolute atomic E-state index is 0.00343. The molecule has 1 N–H and O–H groups in total. The number of benzene rings is 2. The molecule has 2 aromatic carbocycles. The molecule has 0 fully saturated rings. The number of carbonyl (C=O) groups excluding carboxylic acids is 1. The monoisotopic (exact) mass is 368 g/mol. The Morgan fingerprint density at radius 1 is 1.04 bits per heavy atom. The Kier molecular flexibility index (Phi) is 6.35. The number of aryl methyl sites for hydroxylation is 1. The summed E-state index contributed by atoms with van der Waals surface area (Å²) >= 11 is 0. The predicted molar refractivity (Wildman–Crippen MR) is 106 cm³/mol. The van der Waals surface area contributed by atoms with E-state index in [2.05, 4.69) is 41.4 Å². The molecule has 0 saturated heterocycles. The molecule has 5 heteroatoms. The van der Waals surface area contributed by atoms with Crippen LogP contribution in [0.15, 0.2) is 42.5 Å². The molecule has 1 heterocycles. The molecule has 1 amide bonds. The quantitative estimate of drug-likeness (QED) is 0.816. The fourth-order valence-electron chi connectivity index (χ4n) is 3.23. The zero-order chi connectivity index (χ0) is 19.2. The van der Waals surface area contributed by atoms with Gasteiger partial charge < -0.3 is 19.7 Å². The van der Waals surface area contributed by atoms with E-state index < -0.39 is 0 Å². The molecule has 5 nitrogen and oxygen atoms in total. The molecule has 0 radical (unpaired) electrons. The molecule has 0 saturated carbocycles. The number of ether oxygens (including phenoxy) is 2. The topological polar surface area (TPSA) is 50.8 Å². The lowest BCUT2D eigenvalue weighted by Crippen LogP contribution is -2.35. The molecule has 1 aliphatic rings. The van der Waals surface area contributed by atoms with Crippen molar-refractivity contribution < 1.29 is 14.3 Å². The Morgan fingerprint density at radius 3 is 2.37 bits per heavy atom. The van der Waals surface area contributed by atoms with Gasteiger partial charge in [-0.25, -0.2) is 0 Å². The summed E-state index contributed by atoms with van der Waals surface area (Å²) in [5.41, 5.74) is 3.45. The number of nitrogens with one attached hydrogen (secondary N) is 1. The fraction of sp³-hybridized carbons (Fsp3) is 0.409. The van der Waals surface area contributed by atoms with Crippen LogP contribution >= 0.6 is 0 Å². The second kappa shape index (κ2) is 8.91. The van der Waals surface area contributed by atoms with Crippen LogP contribution in [0.25, 0.3) is 0 Å². The van der Waals surface area contributed by atoms with Crippen LogP contribution in [0.1, 0.15) is 29.7 Å². The molecular formula is C22H28N2O3. The molecular weight excluding hydrogens is 340 g/mol. The maximum absolute atomic E-state index is 12.4. The third kappa shape index (κ3) is 5.01. The van der Waals surface area contributed by atoms with E-state index in [0.29, 0.717) is 31.9 Å². The lowest BCUT2D eigenvalue weighted by Gasteiger charge is -2.25. The van der Waals surface area contributed by atoms with Gasteiger partial charge >= 0.3 is 0 Å². The first-order valence-electron chi connectivity index (χ1n) is 9.47. The van der Waals surface area contributed by atoms with E-state index in [1.165, 1.54) is 11.1 Å². The second-order valence-electron chi connectivity index (χ2n) is 7.03. The summed E-state index contributed by atoms with van der Waals surface area (Å²) in [6.45, 7) is 3.83. The minimum atomic E-state index is 0.00343. The standard InChI is InChI=1S/C22H28N2O3/c1-4-16-5-8-18(9-6-16)19(24(2)3)15-23-22(25)14-17-7-10-20-21(13-17)27-12-11-26-20/h5-10,13,19H,4,11-12,14-15H2,1-3H3,(H,23,25). The lowest BCUT2D eigenvalue weighted by atomic mass is 10.0. The number of hydrogen-bond acceptors (Lipinski definition) is 4. The Morgan fingerprint density at radius 2 is 1.70 bits per heavy atom. The Labute approximate surface area is 161 Å². The van der Waals surface area contributed by atoms with E-state index in [4.69, 9.17) is 9.47 Å². The average Bonchev–Trinajstić information content (AvgIpc) is 2.68. The van der Waals surface area contributed by atoms with Gasteiger partial charge in [-0.05, 0) is 49.3 Å². The van der Waals surface area contributed by atoms with Crippen molar-refractivity contribution in [1.82, 2.24) is 10.2 Å². The van der Waals surface area contributed by atoms with Crippen LogP contribution in [0.3, 0.4) is 0 Å². The van der Waals surface area contributed by atoms with Gasteiger partial charge in [0.1, 0.15) is 13.2 Å². The zero-order valence-electron chi connectivity index (χ0n) is 16.3. The van der Waals surface area contributed by atoms with Gasteiger partial charge in [0.2, 0.25) is 5.91 Å². The summed E-state index contributed by atoms with van der Waals surface area (Å²) in [6.07, 6.45) is 1.35. The number of rotatable bonds is 7. The number of nitrogens with zero attached hydrogens (tertiary/aromatic N) is 1. The summed E-state index contributed by atoms with van der Waals surface area (Å²) in [4.78, 5) is 14.6. The van der Waals surface area contributed by atoms with E-state index >= 15 is 0 Å². The van der Waals surface area contributed by atoms with Gasteiger partial charge in [0, 0.05) is 6.54 Å². The SMILES string of the molecule is CCc1ccc(C(CNC(=O)Cc2ccc3c(c2)OCCO3)N(C)C)cc1. The molecule has 27 heavy (non-hydrogen) atoms. The molecule has 1 atom stereocenters. The van der Waals surface area contributed by atoms with Gasteiger partial charge in [-0.2, -0.15) is 0 Å². The van der Waals surface area contributed by atoms with Gasteiger partial charge in [-0.1, -0.05) is 37.3 Å². The van der Waals surface area contributed by atoms with E-state index in [1.54, 1.807) is 0 Å². The Bertz CT molecular complexity index is 772. The van der Waals surface area contributed by atoms with Gasteiger partial charge in [0.15, 0.2) is 11.5 Å². The highest BCUT2D eigenvalue weighted by molar-refractivity contribution is 5.78. The van der Waals surface area contributed by atoms with Crippen molar-refractivity contribution in [3.05, 3.63) is 59.2 Å². The van der Waals surface area contributed by atoms with Crippen LogP contribution in [0.2, 0.25) is 0 Å². The first kappa shape index (κ1) is 19.2. The van der Waals surface area contributed by atoms with E-state index in [0.717, 1.165) is 17.7 Å². The summed E-state index contributed by atoms with van der Waals surface area (Å²) in [5, 5.41) is 3.07. The molecule has 0 bridgehead atoms. The van der Waals surface area contributed by atoms with Crippen LogP contribution in [0.4, 0.5) is 0 Å². The van der Waals surface area contributed by atoms with Crippen molar-refractivity contribution >= 4 is 5.91 Å². The second-order valence-corrected chi connectivity index (χ2v) is 7.03. The maximum Gasteiger partial charge on any atom is 0.224 e. The van der Waals surface area contributed by atoms with Gasteiger partial charge in [-0.3, -0.25) is 4.79 Å². The first-order valence-corrected chi connectivity index (χ1v) is 9.47. The van der Waals surface area contributed by atoms with Crippen LogP contribution in [0, 0.1) is 0 Å². The molecule has 0 spiro atoms. The van der Waals surface area contributed by atoms with Crippen LogP contribution in [-0.4, -0.2) is 44.7 Å². The molecule has 144 valence electrons. The van der Waals surface area contributed by atoms with Crippen molar-refractivity contribution in [1.29, 1.82) is 0 Å². The predicted octanol–water partition coefficient (Wildman–Crippen LogP) is 2.98. The van der Waals surface area contributed by atoms with E-state index in [9.17, 15) is 4.79 Å². The number of hydrogen-bond donors (Lipinski definition) is 1. The van der Waals surface area contributed by atoms with Gasteiger partial charge in [0.05, 0.1) is 12.5 Å². The largest absolute Gasteiger partial charge is 0.486 e. The van der Waals surface area contributed by atoms with Crippen molar-refractivity contribution in [2.75, 3.05) is 33.9 Å². The molecule has 1 aliphatic heterocycles. The first-order chi connectivity index (χ1) is 13.1. The third-order valence-electron chi connectivity index (χ3n) is 4.86. The maximum atomic E-state index is 12.4. The smallest absolute Gasteiger partial charge is 0.224 e. The minimum Gasteiger partial charge on any atom is -0.486 e. The summed E-state index contributed by atoms with van der Waals surface area (Å²) in [7, 11) is 4.07. The number of likely N-dealkylation sites (N-methyl/N-ethyl adjacent to an activating group) is 1. The van der Waals surface area contributed by atoms with Crippen molar-refractivity contribution in [2.24, 2.45) is 0 Å². The van der Waals surface area contributed by atoms with Crippen molar-refractivity contribution in [3.8, 4) is 11.5 Å². The highest BCUT2D eigenvalue weighted by atomic mass is 16.6. The number of amides is 1. The number of fused-ring (bicyclic) bond motifs is 1. The highest BCUT2D eigenvalue weighted by Gasteiger charge is 2.17. The summed E-state index contributed by atoms with van der Waals surface area (Å²) in [6, 6.07) is 14.4. The fourth-order valence-corrected chi connectivity index (χ4v) is 3.23. The molecule has 0 aliphatic carbocycles. The van der Waals surface area contributed by atoms with Gasteiger partial charge in [-0.15, -0.1) is 0 Å². The van der Waals surface area contributed by atoms with Crippen molar-refractivity contribution in [3.63, 3.8) is 0 Å². The highest BCUT2D eigenvalue weighted by Crippen LogP contribution is 2.30. The lowest BCUT2D eigenvalue weighted by molar-refractivity contribution is -0.120. The number of carbonyl (C=O) groups is 1. The van der Waals surface area contributed by atoms with Crippen molar-refractivity contribution in [2.45, 2.75) is 25.8 Å². The van der Waals surface area contributed by atoms with E-state index in [1.807, 2.05) is 32.3 Å². The van der Waals surface area contributed by atoms with E-state index in [-0.39, 0.29) is 11.9 Å². The van der Waals surface area contributed by atoms with Crippen LogP contribution in [-0.2, 0) is 17.6 Å². The molecule has 0 aromatic heterocycles. The molecule has 3 rings (SSSR count). The zero-order valence-corrected chi connectivity index (χ0v) is 16.3. The molecule has 2 aromatic rings. The normalized spacial score (nSPS) is 14.1.